The second-order valence-electron chi connectivity index (χ2n) is 4.00. The average molecular weight is 195 g/mol. The Balaban J connectivity index is 1.82. The fourth-order valence-corrected chi connectivity index (χ4v) is 2.81. The zero-order valence-corrected chi connectivity index (χ0v) is 8.99. The molecule has 1 aromatic heterocycles. The Bertz CT molecular complexity index is 261. The van der Waals surface area contributed by atoms with E-state index in [2.05, 4.69) is 23.0 Å². The molecule has 2 rings (SSSR count). The van der Waals surface area contributed by atoms with Gasteiger partial charge < -0.3 is 5.32 Å². The van der Waals surface area contributed by atoms with E-state index in [-0.39, 0.29) is 0 Å². The number of hydrogen-bond acceptors (Lipinski definition) is 2. The van der Waals surface area contributed by atoms with Crippen molar-refractivity contribution in [2.75, 3.05) is 11.9 Å². The van der Waals surface area contributed by atoms with E-state index >= 15 is 0 Å². The second kappa shape index (κ2) is 4.14. The van der Waals surface area contributed by atoms with Gasteiger partial charge in [0.1, 0.15) is 0 Å². The van der Waals surface area contributed by atoms with Gasteiger partial charge in [-0.2, -0.15) is 0 Å². The first-order valence-electron chi connectivity index (χ1n) is 5.13. The van der Waals surface area contributed by atoms with Crippen molar-refractivity contribution >= 4 is 17.0 Å². The summed E-state index contributed by atoms with van der Waals surface area (Å²) in [6.07, 6.45) is 5.73. The summed E-state index contributed by atoms with van der Waals surface area (Å²) in [5, 5.41) is 7.96. The van der Waals surface area contributed by atoms with Crippen LogP contribution in [-0.4, -0.2) is 6.54 Å². The Morgan fingerprint density at radius 3 is 2.77 bits per heavy atom. The molecule has 72 valence electrons. The molecule has 2 heteroatoms. The molecule has 1 saturated carbocycles. The highest BCUT2D eigenvalue weighted by Gasteiger charge is 2.14. The summed E-state index contributed by atoms with van der Waals surface area (Å²) in [5.74, 6) is 0.930. The smallest absolute Gasteiger partial charge is 0.0478 e. The molecule has 0 aromatic carbocycles. The maximum absolute atomic E-state index is 3.55. The molecule has 0 bridgehead atoms. The first-order chi connectivity index (χ1) is 6.36. The molecule has 0 spiro atoms. The van der Waals surface area contributed by atoms with Crippen LogP contribution in [0.1, 0.15) is 31.2 Å². The van der Waals surface area contributed by atoms with Gasteiger partial charge in [-0.25, -0.2) is 0 Å². The van der Waals surface area contributed by atoms with Crippen LogP contribution < -0.4 is 5.32 Å². The van der Waals surface area contributed by atoms with Crippen LogP contribution in [0, 0.1) is 12.8 Å². The van der Waals surface area contributed by atoms with Crippen LogP contribution >= 0.6 is 11.3 Å². The minimum absolute atomic E-state index is 0.930. The average Bonchev–Trinajstić information content (AvgIpc) is 2.72. The Labute approximate surface area is 84.2 Å². The SMILES string of the molecule is Cc1cscc1NCC1CCCC1. The van der Waals surface area contributed by atoms with E-state index < -0.39 is 0 Å². The highest BCUT2D eigenvalue weighted by Crippen LogP contribution is 2.26. The van der Waals surface area contributed by atoms with Crippen molar-refractivity contribution in [1.82, 2.24) is 0 Å². The predicted octanol–water partition coefficient (Wildman–Crippen LogP) is 3.66. The molecule has 0 radical (unpaired) electrons. The lowest BCUT2D eigenvalue weighted by Crippen LogP contribution is -2.10. The van der Waals surface area contributed by atoms with Gasteiger partial charge in [0.25, 0.3) is 0 Å². The maximum Gasteiger partial charge on any atom is 0.0478 e. The molecule has 13 heavy (non-hydrogen) atoms. The van der Waals surface area contributed by atoms with Crippen molar-refractivity contribution < 1.29 is 0 Å². The molecule has 0 unspecified atom stereocenters. The molecular weight excluding hydrogens is 178 g/mol. The quantitative estimate of drug-likeness (QED) is 0.776. The van der Waals surface area contributed by atoms with E-state index in [1.54, 1.807) is 11.3 Å². The number of rotatable bonds is 3. The van der Waals surface area contributed by atoms with Gasteiger partial charge in [0.15, 0.2) is 0 Å². The lowest BCUT2D eigenvalue weighted by Gasteiger charge is -2.10. The Morgan fingerprint density at radius 2 is 2.15 bits per heavy atom. The number of nitrogens with one attached hydrogen (secondary N) is 1. The number of aryl methyl sites for hydroxylation is 1. The topological polar surface area (TPSA) is 12.0 Å². The van der Waals surface area contributed by atoms with Gasteiger partial charge in [-0.1, -0.05) is 12.8 Å². The summed E-state index contributed by atoms with van der Waals surface area (Å²) >= 11 is 1.79. The highest BCUT2D eigenvalue weighted by atomic mass is 32.1. The highest BCUT2D eigenvalue weighted by molar-refractivity contribution is 7.08. The van der Waals surface area contributed by atoms with Gasteiger partial charge in [-0.3, -0.25) is 0 Å². The third-order valence-corrected chi connectivity index (χ3v) is 3.77. The van der Waals surface area contributed by atoms with Crippen LogP contribution in [0.4, 0.5) is 5.69 Å². The van der Waals surface area contributed by atoms with E-state index in [4.69, 9.17) is 0 Å². The van der Waals surface area contributed by atoms with E-state index in [9.17, 15) is 0 Å². The van der Waals surface area contributed by atoms with Crippen molar-refractivity contribution in [2.24, 2.45) is 5.92 Å². The van der Waals surface area contributed by atoms with E-state index in [0.29, 0.717) is 0 Å². The molecule has 0 atom stereocenters. The maximum atomic E-state index is 3.55. The molecule has 1 aliphatic carbocycles. The number of hydrogen-bond donors (Lipinski definition) is 1. The molecule has 1 fully saturated rings. The van der Waals surface area contributed by atoms with Gasteiger partial charge in [-0.05, 0) is 36.6 Å². The fraction of sp³-hybridized carbons (Fsp3) is 0.636. The molecule has 1 N–H and O–H groups in total. The monoisotopic (exact) mass is 195 g/mol. The molecule has 1 aromatic rings. The zero-order valence-electron chi connectivity index (χ0n) is 8.18. The van der Waals surface area contributed by atoms with E-state index in [0.717, 1.165) is 5.92 Å². The molecular formula is C11H17NS. The Kier molecular flexibility index (Phi) is 2.89. The second-order valence-corrected chi connectivity index (χ2v) is 4.74. The summed E-state index contributed by atoms with van der Waals surface area (Å²) in [7, 11) is 0. The lowest BCUT2D eigenvalue weighted by atomic mass is 10.1. The minimum Gasteiger partial charge on any atom is -0.384 e. The summed E-state index contributed by atoms with van der Waals surface area (Å²) in [5.41, 5.74) is 2.74. The van der Waals surface area contributed by atoms with Crippen LogP contribution in [0.2, 0.25) is 0 Å². The van der Waals surface area contributed by atoms with Crippen molar-refractivity contribution in [1.29, 1.82) is 0 Å². The van der Waals surface area contributed by atoms with Crippen LogP contribution in [0.15, 0.2) is 10.8 Å². The van der Waals surface area contributed by atoms with E-state index in [1.807, 2.05) is 0 Å². The van der Waals surface area contributed by atoms with Crippen LogP contribution in [0.3, 0.4) is 0 Å². The van der Waals surface area contributed by atoms with Crippen molar-refractivity contribution in [3.05, 3.63) is 16.3 Å². The van der Waals surface area contributed by atoms with Crippen LogP contribution in [0.5, 0.6) is 0 Å². The molecule has 1 heterocycles. The lowest BCUT2D eigenvalue weighted by molar-refractivity contribution is 0.580. The van der Waals surface area contributed by atoms with Gasteiger partial charge in [0, 0.05) is 17.6 Å². The zero-order chi connectivity index (χ0) is 9.10. The standard InChI is InChI=1S/C11H17NS/c1-9-7-13-8-11(9)12-6-10-4-2-3-5-10/h7-8,10,12H,2-6H2,1H3. The third kappa shape index (κ3) is 2.25. The molecule has 1 nitrogen and oxygen atoms in total. The molecule has 1 aliphatic rings. The largest absolute Gasteiger partial charge is 0.384 e. The summed E-state index contributed by atoms with van der Waals surface area (Å²) in [6, 6.07) is 0. The summed E-state index contributed by atoms with van der Waals surface area (Å²) in [4.78, 5) is 0. The first kappa shape index (κ1) is 9.07. The molecule has 0 saturated heterocycles. The van der Waals surface area contributed by atoms with Crippen molar-refractivity contribution in [3.63, 3.8) is 0 Å². The van der Waals surface area contributed by atoms with Gasteiger partial charge in [0.05, 0.1) is 0 Å². The Hall–Kier alpha value is -0.500. The van der Waals surface area contributed by atoms with Gasteiger partial charge >= 0.3 is 0 Å². The summed E-state index contributed by atoms with van der Waals surface area (Å²) < 4.78 is 0. The molecule has 0 aliphatic heterocycles. The third-order valence-electron chi connectivity index (χ3n) is 2.91. The predicted molar refractivity (Wildman–Crippen MR) is 59.5 cm³/mol. The van der Waals surface area contributed by atoms with Crippen LogP contribution in [-0.2, 0) is 0 Å². The Morgan fingerprint density at radius 1 is 1.38 bits per heavy atom. The van der Waals surface area contributed by atoms with Crippen molar-refractivity contribution in [2.45, 2.75) is 32.6 Å². The van der Waals surface area contributed by atoms with Crippen LogP contribution in [0.25, 0.3) is 0 Å². The summed E-state index contributed by atoms with van der Waals surface area (Å²) in [6.45, 7) is 3.35. The first-order valence-corrected chi connectivity index (χ1v) is 6.07. The normalized spacial score (nSPS) is 17.9. The van der Waals surface area contributed by atoms with E-state index in [1.165, 1.54) is 43.5 Å². The fourth-order valence-electron chi connectivity index (χ4n) is 2.01. The minimum atomic E-state index is 0.930. The number of anilines is 1. The van der Waals surface area contributed by atoms with Crippen molar-refractivity contribution in [3.8, 4) is 0 Å². The molecule has 0 amide bonds. The number of thiophene rings is 1. The van der Waals surface area contributed by atoms with Gasteiger partial charge in [0.2, 0.25) is 0 Å². The van der Waals surface area contributed by atoms with Gasteiger partial charge in [-0.15, -0.1) is 11.3 Å².